The van der Waals surface area contributed by atoms with Crippen LogP contribution in [0.15, 0.2) is 24.8 Å². The molecule has 16 heavy (non-hydrogen) atoms. The van der Waals surface area contributed by atoms with E-state index in [9.17, 15) is 0 Å². The van der Waals surface area contributed by atoms with Crippen LogP contribution in [0.1, 0.15) is 11.4 Å². The van der Waals surface area contributed by atoms with Gasteiger partial charge in [0, 0.05) is 11.4 Å². The molecule has 3 heterocycles. The molecule has 0 saturated heterocycles. The molecule has 3 rings (SSSR count). The molecular weight excluding hydrogens is 202 g/mol. The Morgan fingerprint density at radius 2 is 1.81 bits per heavy atom. The van der Waals surface area contributed by atoms with Gasteiger partial charge in [-0.3, -0.25) is 0 Å². The van der Waals surface area contributed by atoms with Gasteiger partial charge in [0.05, 0.1) is 6.33 Å². The van der Waals surface area contributed by atoms with Crippen LogP contribution in [0.25, 0.3) is 17.0 Å². The van der Waals surface area contributed by atoms with Gasteiger partial charge in [0.2, 0.25) is 0 Å². The van der Waals surface area contributed by atoms with Crippen molar-refractivity contribution in [1.82, 2.24) is 24.5 Å². The minimum Gasteiger partial charge on any atom is -0.340 e. The Bertz CT molecular complexity index is 630. The Kier molecular flexibility index (Phi) is 1.80. The van der Waals surface area contributed by atoms with E-state index in [1.165, 1.54) is 6.33 Å². The molecule has 0 atom stereocenters. The summed E-state index contributed by atoms with van der Waals surface area (Å²) in [6, 6.07) is 4.14. The zero-order valence-corrected chi connectivity index (χ0v) is 9.10. The first-order valence-corrected chi connectivity index (χ1v) is 5.07. The van der Waals surface area contributed by atoms with Crippen LogP contribution in [0.3, 0.4) is 0 Å². The number of hydrogen-bond acceptors (Lipinski definition) is 3. The Hall–Kier alpha value is -2.17. The third-order valence-corrected chi connectivity index (χ3v) is 2.69. The van der Waals surface area contributed by atoms with Crippen LogP contribution in [-0.2, 0) is 0 Å². The number of aryl methyl sites for hydroxylation is 2. The van der Waals surface area contributed by atoms with Crippen molar-refractivity contribution >= 4 is 11.2 Å². The van der Waals surface area contributed by atoms with Crippen molar-refractivity contribution in [2.45, 2.75) is 13.8 Å². The molecule has 3 aromatic heterocycles. The maximum absolute atomic E-state index is 4.32. The smallest absolute Gasteiger partial charge is 0.182 e. The molecule has 0 saturated carbocycles. The summed E-state index contributed by atoms with van der Waals surface area (Å²) in [4.78, 5) is 15.6. The summed E-state index contributed by atoms with van der Waals surface area (Å²) >= 11 is 0. The van der Waals surface area contributed by atoms with Gasteiger partial charge in [-0.2, -0.15) is 0 Å². The first-order valence-electron chi connectivity index (χ1n) is 5.07. The molecule has 80 valence electrons. The quantitative estimate of drug-likeness (QED) is 0.670. The van der Waals surface area contributed by atoms with Gasteiger partial charge in [-0.25, -0.2) is 15.0 Å². The summed E-state index contributed by atoms with van der Waals surface area (Å²) in [7, 11) is 0. The van der Waals surface area contributed by atoms with Crippen LogP contribution in [0.5, 0.6) is 0 Å². The van der Waals surface area contributed by atoms with Crippen LogP contribution in [0, 0.1) is 13.8 Å². The molecule has 0 aromatic carbocycles. The number of fused-ring (bicyclic) bond motifs is 1. The first-order chi connectivity index (χ1) is 7.77. The highest BCUT2D eigenvalue weighted by molar-refractivity contribution is 5.77. The van der Waals surface area contributed by atoms with Gasteiger partial charge in [-0.15, -0.1) is 0 Å². The van der Waals surface area contributed by atoms with Crippen molar-refractivity contribution in [3.05, 3.63) is 36.2 Å². The molecule has 0 aliphatic carbocycles. The van der Waals surface area contributed by atoms with Crippen molar-refractivity contribution in [1.29, 1.82) is 0 Å². The normalized spacial score (nSPS) is 11.1. The first kappa shape index (κ1) is 9.08. The lowest BCUT2D eigenvalue weighted by Gasteiger charge is -2.08. The van der Waals surface area contributed by atoms with E-state index < -0.39 is 0 Å². The van der Waals surface area contributed by atoms with Gasteiger partial charge in [-0.1, -0.05) is 0 Å². The zero-order chi connectivity index (χ0) is 11.1. The molecule has 5 nitrogen and oxygen atoms in total. The van der Waals surface area contributed by atoms with E-state index in [1.807, 2.05) is 0 Å². The molecule has 0 fully saturated rings. The van der Waals surface area contributed by atoms with Gasteiger partial charge in [-0.05, 0) is 26.0 Å². The second-order valence-electron chi connectivity index (χ2n) is 3.75. The second kappa shape index (κ2) is 3.16. The van der Waals surface area contributed by atoms with Gasteiger partial charge >= 0.3 is 0 Å². The average Bonchev–Trinajstić information content (AvgIpc) is 2.86. The predicted octanol–water partition coefficient (Wildman–Crippen LogP) is 1.76. The highest BCUT2D eigenvalue weighted by atomic mass is 15.1. The van der Waals surface area contributed by atoms with E-state index in [4.69, 9.17) is 0 Å². The molecule has 5 heteroatoms. The fourth-order valence-corrected chi connectivity index (χ4v) is 1.92. The van der Waals surface area contributed by atoms with Gasteiger partial charge in [0.1, 0.15) is 11.8 Å². The highest BCUT2D eigenvalue weighted by Crippen LogP contribution is 2.19. The molecule has 0 bridgehead atoms. The van der Waals surface area contributed by atoms with Crippen molar-refractivity contribution in [2.24, 2.45) is 0 Å². The number of H-pyrrole nitrogens is 1. The number of aromatic nitrogens is 5. The Morgan fingerprint density at radius 1 is 1.06 bits per heavy atom. The number of nitrogens with zero attached hydrogens (tertiary/aromatic N) is 4. The lowest BCUT2D eigenvalue weighted by Crippen LogP contribution is -2.03. The fourth-order valence-electron chi connectivity index (χ4n) is 1.92. The van der Waals surface area contributed by atoms with Crippen molar-refractivity contribution in [3.63, 3.8) is 0 Å². The summed E-state index contributed by atoms with van der Waals surface area (Å²) < 4.78 is 2.09. The van der Waals surface area contributed by atoms with Gasteiger partial charge in [0.15, 0.2) is 11.5 Å². The van der Waals surface area contributed by atoms with Crippen molar-refractivity contribution < 1.29 is 0 Å². The summed E-state index contributed by atoms with van der Waals surface area (Å²) in [6.07, 6.45) is 3.18. The van der Waals surface area contributed by atoms with E-state index in [0.29, 0.717) is 5.65 Å². The van der Waals surface area contributed by atoms with E-state index in [2.05, 4.69) is 50.5 Å². The number of nitrogens with one attached hydrogen (secondary N) is 1. The number of rotatable bonds is 1. The fraction of sp³-hybridized carbons (Fsp3) is 0.182. The van der Waals surface area contributed by atoms with Crippen LogP contribution in [0.4, 0.5) is 0 Å². The van der Waals surface area contributed by atoms with Gasteiger partial charge < -0.3 is 9.55 Å². The lowest BCUT2D eigenvalue weighted by molar-refractivity contribution is 0.921. The largest absolute Gasteiger partial charge is 0.340 e. The minimum atomic E-state index is 0.692. The van der Waals surface area contributed by atoms with E-state index >= 15 is 0 Å². The number of imidazole rings is 1. The van der Waals surface area contributed by atoms with E-state index in [-0.39, 0.29) is 0 Å². The lowest BCUT2D eigenvalue weighted by atomic mass is 10.4. The monoisotopic (exact) mass is 213 g/mol. The highest BCUT2D eigenvalue weighted by Gasteiger charge is 2.10. The molecule has 3 aromatic rings. The zero-order valence-electron chi connectivity index (χ0n) is 9.10. The summed E-state index contributed by atoms with van der Waals surface area (Å²) in [5.41, 5.74) is 3.85. The molecule has 0 radical (unpaired) electrons. The third-order valence-electron chi connectivity index (χ3n) is 2.69. The van der Waals surface area contributed by atoms with E-state index in [1.54, 1.807) is 6.33 Å². The topological polar surface area (TPSA) is 59.4 Å². The Balaban J connectivity index is 2.38. The van der Waals surface area contributed by atoms with Crippen LogP contribution in [-0.4, -0.2) is 24.5 Å². The predicted molar refractivity (Wildman–Crippen MR) is 60.5 cm³/mol. The molecule has 0 aliphatic rings. The molecule has 0 unspecified atom stereocenters. The maximum Gasteiger partial charge on any atom is 0.182 e. The standard InChI is InChI=1S/C11H11N5/c1-7-3-4-8(2)16(7)11-9-10(13-5-12-9)14-6-15-11/h3-6H,1-2H3,(H,12,13,14,15). The molecule has 1 N–H and O–H groups in total. The van der Waals surface area contributed by atoms with Crippen molar-refractivity contribution in [3.8, 4) is 5.82 Å². The van der Waals surface area contributed by atoms with Crippen molar-refractivity contribution in [2.75, 3.05) is 0 Å². The minimum absolute atomic E-state index is 0.692. The van der Waals surface area contributed by atoms with Crippen LogP contribution >= 0.6 is 0 Å². The number of aromatic amines is 1. The second-order valence-corrected chi connectivity index (χ2v) is 3.75. The summed E-state index contributed by atoms with van der Waals surface area (Å²) in [5, 5.41) is 0. The van der Waals surface area contributed by atoms with E-state index in [0.717, 1.165) is 22.7 Å². The number of hydrogen-bond donors (Lipinski definition) is 1. The summed E-state index contributed by atoms with van der Waals surface area (Å²) in [6.45, 7) is 4.11. The SMILES string of the molecule is Cc1ccc(C)n1-c1ncnc2nc[nH]c12. The molecule has 0 spiro atoms. The molecule has 0 aliphatic heterocycles. The molecule has 0 amide bonds. The van der Waals surface area contributed by atoms with Gasteiger partial charge in [0.25, 0.3) is 0 Å². The maximum atomic E-state index is 4.32. The summed E-state index contributed by atoms with van der Waals surface area (Å²) in [5.74, 6) is 0.850. The van der Waals surface area contributed by atoms with Crippen LogP contribution < -0.4 is 0 Å². The van der Waals surface area contributed by atoms with Crippen LogP contribution in [0.2, 0.25) is 0 Å². The molecular formula is C11H11N5. The third kappa shape index (κ3) is 1.14. The Labute approximate surface area is 92.2 Å². The average molecular weight is 213 g/mol. The Morgan fingerprint density at radius 3 is 2.56 bits per heavy atom.